The highest BCUT2D eigenvalue weighted by atomic mass is 35.5. The number of nitrogens with one attached hydrogen (secondary N) is 1. The van der Waals surface area contributed by atoms with Crippen molar-refractivity contribution in [3.8, 4) is 5.75 Å². The van der Waals surface area contributed by atoms with Crippen molar-refractivity contribution >= 4 is 17.5 Å². The zero-order valence-corrected chi connectivity index (χ0v) is 13.9. The Balaban J connectivity index is 1.55. The molecular formula is C19H20ClNO2. The van der Waals surface area contributed by atoms with Crippen molar-refractivity contribution in [2.75, 3.05) is 6.61 Å². The van der Waals surface area contributed by atoms with Gasteiger partial charge in [-0.2, -0.15) is 0 Å². The number of rotatable bonds is 5. The highest BCUT2D eigenvalue weighted by Gasteiger charge is 2.15. The van der Waals surface area contributed by atoms with Crippen LogP contribution in [0.5, 0.6) is 5.75 Å². The predicted molar refractivity (Wildman–Crippen MR) is 92.0 cm³/mol. The van der Waals surface area contributed by atoms with Crippen LogP contribution in [0.15, 0.2) is 42.5 Å². The van der Waals surface area contributed by atoms with Crippen molar-refractivity contribution in [3.05, 3.63) is 64.2 Å². The third-order valence-electron chi connectivity index (χ3n) is 4.17. The first-order chi connectivity index (χ1) is 11.1. The van der Waals surface area contributed by atoms with E-state index in [2.05, 4.69) is 23.5 Å². The first-order valence-corrected chi connectivity index (χ1v) is 8.29. The molecule has 2 aromatic carbocycles. The van der Waals surface area contributed by atoms with Crippen LogP contribution in [0.1, 0.15) is 36.1 Å². The Morgan fingerprint density at radius 2 is 2.04 bits per heavy atom. The quantitative estimate of drug-likeness (QED) is 0.897. The molecule has 1 aliphatic rings. The van der Waals surface area contributed by atoms with E-state index >= 15 is 0 Å². The second kappa shape index (κ2) is 7.05. The molecule has 120 valence electrons. The Bertz CT molecular complexity index is 714. The van der Waals surface area contributed by atoms with Gasteiger partial charge in [-0.3, -0.25) is 4.79 Å². The Morgan fingerprint density at radius 3 is 2.87 bits per heavy atom. The van der Waals surface area contributed by atoms with Crippen LogP contribution in [0.4, 0.5) is 0 Å². The molecule has 1 amide bonds. The maximum absolute atomic E-state index is 12.0. The van der Waals surface area contributed by atoms with Crippen LogP contribution in [0.2, 0.25) is 5.02 Å². The molecule has 0 spiro atoms. The average Bonchev–Trinajstić information content (AvgIpc) is 3.00. The number of benzene rings is 2. The molecule has 23 heavy (non-hydrogen) atoms. The van der Waals surface area contributed by atoms with Gasteiger partial charge in [-0.1, -0.05) is 35.9 Å². The first-order valence-electron chi connectivity index (χ1n) is 7.91. The Kier molecular flexibility index (Phi) is 4.87. The fourth-order valence-electron chi connectivity index (χ4n) is 2.93. The summed E-state index contributed by atoms with van der Waals surface area (Å²) in [6.07, 6.45) is 3.54. The van der Waals surface area contributed by atoms with E-state index < -0.39 is 0 Å². The van der Waals surface area contributed by atoms with Gasteiger partial charge in [0.05, 0.1) is 6.04 Å². The molecule has 0 heterocycles. The van der Waals surface area contributed by atoms with Crippen molar-refractivity contribution in [2.24, 2.45) is 0 Å². The minimum absolute atomic E-state index is 0.0182. The molecule has 0 saturated heterocycles. The number of amides is 1. The number of hydrogen-bond donors (Lipinski definition) is 1. The SMILES string of the molecule is C[C@H](NC(=O)COc1cccc(Cl)c1)c1ccc2c(c1)CCC2. The highest BCUT2D eigenvalue weighted by Crippen LogP contribution is 2.25. The summed E-state index contributed by atoms with van der Waals surface area (Å²) >= 11 is 5.89. The van der Waals surface area contributed by atoms with Gasteiger partial charge >= 0.3 is 0 Å². The summed E-state index contributed by atoms with van der Waals surface area (Å²) in [6.45, 7) is 1.98. The summed E-state index contributed by atoms with van der Waals surface area (Å²) < 4.78 is 5.46. The Labute approximate surface area is 141 Å². The van der Waals surface area contributed by atoms with Gasteiger partial charge in [0.2, 0.25) is 0 Å². The molecular weight excluding hydrogens is 310 g/mol. The molecule has 0 aliphatic heterocycles. The van der Waals surface area contributed by atoms with Gasteiger partial charge in [-0.05, 0) is 61.1 Å². The molecule has 0 aromatic heterocycles. The molecule has 1 aliphatic carbocycles. The summed E-state index contributed by atoms with van der Waals surface area (Å²) in [4.78, 5) is 12.0. The molecule has 0 radical (unpaired) electrons. The summed E-state index contributed by atoms with van der Waals surface area (Å²) in [6, 6.07) is 13.5. The van der Waals surface area contributed by atoms with Gasteiger partial charge in [0.1, 0.15) is 5.75 Å². The van der Waals surface area contributed by atoms with Crippen molar-refractivity contribution in [1.82, 2.24) is 5.32 Å². The molecule has 0 bridgehead atoms. The average molecular weight is 330 g/mol. The van der Waals surface area contributed by atoms with Crippen molar-refractivity contribution in [3.63, 3.8) is 0 Å². The van der Waals surface area contributed by atoms with Crippen LogP contribution in [-0.2, 0) is 17.6 Å². The van der Waals surface area contributed by atoms with Crippen LogP contribution in [-0.4, -0.2) is 12.5 Å². The standard InChI is InChI=1S/C19H20ClNO2/c1-13(15-9-8-14-4-2-5-16(14)10-15)21-19(22)12-23-18-7-3-6-17(20)11-18/h3,6-11,13H,2,4-5,12H2,1H3,(H,21,22)/t13-/m0/s1. The normalized spacial score (nSPS) is 14.2. The summed E-state index contributed by atoms with van der Waals surface area (Å²) in [5, 5.41) is 3.57. The second-order valence-electron chi connectivity index (χ2n) is 5.92. The first kappa shape index (κ1) is 15.9. The van der Waals surface area contributed by atoms with E-state index in [1.54, 1.807) is 24.3 Å². The van der Waals surface area contributed by atoms with E-state index in [0.717, 1.165) is 12.0 Å². The molecule has 3 rings (SSSR count). The summed E-state index contributed by atoms with van der Waals surface area (Å²) in [5.74, 6) is 0.454. The highest BCUT2D eigenvalue weighted by molar-refractivity contribution is 6.30. The topological polar surface area (TPSA) is 38.3 Å². The predicted octanol–water partition coefficient (Wildman–Crippen LogP) is 4.08. The zero-order valence-electron chi connectivity index (χ0n) is 13.1. The van der Waals surface area contributed by atoms with Crippen molar-refractivity contribution < 1.29 is 9.53 Å². The Morgan fingerprint density at radius 1 is 1.22 bits per heavy atom. The Hall–Kier alpha value is -2.00. The maximum Gasteiger partial charge on any atom is 0.258 e. The lowest BCUT2D eigenvalue weighted by atomic mass is 10.0. The van der Waals surface area contributed by atoms with Crippen LogP contribution in [0.3, 0.4) is 0 Å². The van der Waals surface area contributed by atoms with E-state index in [1.807, 2.05) is 6.92 Å². The maximum atomic E-state index is 12.0. The molecule has 4 heteroatoms. The van der Waals surface area contributed by atoms with Crippen LogP contribution in [0, 0.1) is 0 Å². The minimum atomic E-state index is -0.141. The number of fused-ring (bicyclic) bond motifs is 1. The lowest BCUT2D eigenvalue weighted by Crippen LogP contribution is -2.31. The molecule has 1 N–H and O–H groups in total. The molecule has 2 aromatic rings. The van der Waals surface area contributed by atoms with E-state index in [1.165, 1.54) is 24.0 Å². The molecule has 0 saturated carbocycles. The zero-order chi connectivity index (χ0) is 16.2. The fourth-order valence-corrected chi connectivity index (χ4v) is 3.11. The lowest BCUT2D eigenvalue weighted by Gasteiger charge is -2.16. The summed E-state index contributed by atoms with van der Waals surface area (Å²) in [5.41, 5.74) is 4.00. The van der Waals surface area contributed by atoms with Crippen LogP contribution >= 0.6 is 11.6 Å². The van der Waals surface area contributed by atoms with Gasteiger partial charge in [-0.15, -0.1) is 0 Å². The number of halogens is 1. The minimum Gasteiger partial charge on any atom is -0.484 e. The molecule has 1 atom stereocenters. The molecule has 0 unspecified atom stereocenters. The van der Waals surface area contributed by atoms with Crippen LogP contribution in [0.25, 0.3) is 0 Å². The van der Waals surface area contributed by atoms with E-state index in [0.29, 0.717) is 10.8 Å². The van der Waals surface area contributed by atoms with Crippen molar-refractivity contribution in [1.29, 1.82) is 0 Å². The van der Waals surface area contributed by atoms with Crippen LogP contribution < -0.4 is 10.1 Å². The van der Waals surface area contributed by atoms with Gasteiger partial charge in [0.25, 0.3) is 5.91 Å². The third-order valence-corrected chi connectivity index (χ3v) is 4.40. The van der Waals surface area contributed by atoms with E-state index in [-0.39, 0.29) is 18.6 Å². The number of aryl methyl sites for hydroxylation is 2. The fraction of sp³-hybridized carbons (Fsp3) is 0.316. The van der Waals surface area contributed by atoms with Gasteiger partial charge in [0.15, 0.2) is 6.61 Å². The number of hydrogen-bond acceptors (Lipinski definition) is 2. The molecule has 3 nitrogen and oxygen atoms in total. The number of ether oxygens (including phenoxy) is 1. The third kappa shape index (κ3) is 4.05. The second-order valence-corrected chi connectivity index (χ2v) is 6.35. The van der Waals surface area contributed by atoms with Gasteiger partial charge in [0, 0.05) is 5.02 Å². The summed E-state index contributed by atoms with van der Waals surface area (Å²) in [7, 11) is 0. The monoisotopic (exact) mass is 329 g/mol. The largest absolute Gasteiger partial charge is 0.484 e. The molecule has 0 fully saturated rings. The van der Waals surface area contributed by atoms with E-state index in [9.17, 15) is 4.79 Å². The number of carbonyl (C=O) groups is 1. The van der Waals surface area contributed by atoms with Gasteiger partial charge < -0.3 is 10.1 Å². The smallest absolute Gasteiger partial charge is 0.258 e. The van der Waals surface area contributed by atoms with E-state index in [4.69, 9.17) is 16.3 Å². The van der Waals surface area contributed by atoms with Gasteiger partial charge in [-0.25, -0.2) is 0 Å². The van der Waals surface area contributed by atoms with Crippen molar-refractivity contribution in [2.45, 2.75) is 32.2 Å². The number of carbonyl (C=O) groups excluding carboxylic acids is 1. The lowest BCUT2D eigenvalue weighted by molar-refractivity contribution is -0.123.